The number of benzene rings is 2. The lowest BCUT2D eigenvalue weighted by Crippen LogP contribution is -2.04. The van der Waals surface area contributed by atoms with Gasteiger partial charge in [0.1, 0.15) is 17.3 Å². The van der Waals surface area contributed by atoms with Gasteiger partial charge in [0.05, 0.1) is 24.9 Å². The highest BCUT2D eigenvalue weighted by Crippen LogP contribution is 2.37. The summed E-state index contributed by atoms with van der Waals surface area (Å²) in [5.41, 5.74) is 3.72. The molecular weight excluding hydrogens is 376 g/mol. The summed E-state index contributed by atoms with van der Waals surface area (Å²) in [5, 5.41) is 7.05. The van der Waals surface area contributed by atoms with E-state index in [0.717, 1.165) is 17.8 Å². The van der Waals surface area contributed by atoms with Gasteiger partial charge in [-0.15, -0.1) is 0 Å². The van der Waals surface area contributed by atoms with Crippen LogP contribution in [0.5, 0.6) is 11.5 Å². The van der Waals surface area contributed by atoms with Crippen LogP contribution in [0.4, 0.5) is 23.1 Å². The van der Waals surface area contributed by atoms with Gasteiger partial charge in [0.25, 0.3) is 0 Å². The molecule has 0 atom stereocenters. The van der Waals surface area contributed by atoms with Crippen LogP contribution in [0.2, 0.25) is 5.02 Å². The fourth-order valence-electron chi connectivity index (χ4n) is 2.86. The molecule has 0 aliphatic carbocycles. The van der Waals surface area contributed by atoms with Crippen molar-refractivity contribution in [3.8, 4) is 11.5 Å². The summed E-state index contributed by atoms with van der Waals surface area (Å²) in [7, 11) is 3.16. The van der Waals surface area contributed by atoms with Crippen molar-refractivity contribution >= 4 is 34.7 Å². The van der Waals surface area contributed by atoms with E-state index < -0.39 is 0 Å². The maximum atomic E-state index is 6.18. The van der Waals surface area contributed by atoms with Crippen molar-refractivity contribution in [1.82, 2.24) is 9.97 Å². The van der Waals surface area contributed by atoms with Crippen LogP contribution in [0.3, 0.4) is 0 Å². The zero-order chi connectivity index (χ0) is 20.1. The smallest absolute Gasteiger partial charge is 0.229 e. The van der Waals surface area contributed by atoms with Gasteiger partial charge in [0.15, 0.2) is 0 Å². The average molecular weight is 399 g/mol. The number of halogens is 1. The van der Waals surface area contributed by atoms with Crippen LogP contribution in [0.1, 0.15) is 18.2 Å². The summed E-state index contributed by atoms with van der Waals surface area (Å²) in [6.07, 6.45) is 0.919. The quantitative estimate of drug-likeness (QED) is 0.547. The molecule has 0 saturated heterocycles. The van der Waals surface area contributed by atoms with Crippen LogP contribution in [0.25, 0.3) is 0 Å². The van der Waals surface area contributed by atoms with Crippen molar-refractivity contribution < 1.29 is 9.47 Å². The van der Waals surface area contributed by atoms with Gasteiger partial charge in [0.2, 0.25) is 5.95 Å². The molecular formula is C21H23ClN4O2. The minimum atomic E-state index is 0.474. The Kier molecular flexibility index (Phi) is 6.21. The summed E-state index contributed by atoms with van der Waals surface area (Å²) in [5.74, 6) is 2.29. The molecule has 3 rings (SSSR count). The highest BCUT2D eigenvalue weighted by Gasteiger charge is 2.12. The van der Waals surface area contributed by atoms with Crippen molar-refractivity contribution in [2.24, 2.45) is 0 Å². The number of nitrogens with one attached hydrogen (secondary N) is 2. The zero-order valence-electron chi connectivity index (χ0n) is 16.3. The van der Waals surface area contributed by atoms with E-state index in [0.29, 0.717) is 34.0 Å². The molecule has 2 aromatic carbocycles. The molecule has 6 nitrogen and oxygen atoms in total. The molecule has 0 spiro atoms. The monoisotopic (exact) mass is 398 g/mol. The van der Waals surface area contributed by atoms with Crippen LogP contribution in [-0.4, -0.2) is 24.2 Å². The molecule has 146 valence electrons. The van der Waals surface area contributed by atoms with Crippen molar-refractivity contribution in [1.29, 1.82) is 0 Å². The standard InChI is InChI=1S/C21H23ClN4O2/c1-5-14-8-6-7-9-16(14)25-21-23-13(2)10-20(26-21)24-17-12-18(27-3)15(22)11-19(17)28-4/h6-12H,5H2,1-4H3,(H2,23,24,25,26). The van der Waals surface area contributed by atoms with Gasteiger partial charge in [-0.05, 0) is 25.0 Å². The largest absolute Gasteiger partial charge is 0.495 e. The van der Waals surface area contributed by atoms with Crippen LogP contribution in [0.15, 0.2) is 42.5 Å². The third-order valence-electron chi connectivity index (χ3n) is 4.24. The van der Waals surface area contributed by atoms with E-state index in [1.807, 2.05) is 31.2 Å². The molecule has 2 N–H and O–H groups in total. The van der Waals surface area contributed by atoms with Gasteiger partial charge in [-0.25, -0.2) is 4.98 Å². The Labute approximate surface area is 169 Å². The topological polar surface area (TPSA) is 68.3 Å². The Morgan fingerprint density at radius 1 is 0.929 bits per heavy atom. The fourth-order valence-corrected chi connectivity index (χ4v) is 3.09. The average Bonchev–Trinajstić information content (AvgIpc) is 2.69. The number of methoxy groups -OCH3 is 2. The molecule has 0 unspecified atom stereocenters. The molecule has 0 bridgehead atoms. The van der Waals surface area contributed by atoms with Crippen molar-refractivity contribution in [2.75, 3.05) is 24.9 Å². The molecule has 0 radical (unpaired) electrons. The molecule has 28 heavy (non-hydrogen) atoms. The van der Waals surface area contributed by atoms with E-state index in [9.17, 15) is 0 Å². The lowest BCUT2D eigenvalue weighted by atomic mass is 10.1. The number of para-hydroxylation sites is 1. The molecule has 3 aromatic rings. The normalized spacial score (nSPS) is 10.5. The number of hydrogen-bond acceptors (Lipinski definition) is 6. The van der Waals surface area contributed by atoms with Gasteiger partial charge in [-0.2, -0.15) is 4.98 Å². The van der Waals surface area contributed by atoms with Gasteiger partial charge in [-0.3, -0.25) is 0 Å². The van der Waals surface area contributed by atoms with Crippen LogP contribution in [0, 0.1) is 6.92 Å². The summed E-state index contributed by atoms with van der Waals surface area (Å²) in [6, 6.07) is 13.4. The van der Waals surface area contributed by atoms with Gasteiger partial charge in [0, 0.05) is 29.6 Å². The SMILES string of the molecule is CCc1ccccc1Nc1nc(C)cc(Nc2cc(OC)c(Cl)cc2OC)n1. The minimum Gasteiger partial charge on any atom is -0.495 e. The van der Waals surface area contributed by atoms with Crippen molar-refractivity contribution in [2.45, 2.75) is 20.3 Å². The van der Waals surface area contributed by atoms with Gasteiger partial charge in [-0.1, -0.05) is 36.7 Å². The van der Waals surface area contributed by atoms with Gasteiger partial charge >= 0.3 is 0 Å². The van der Waals surface area contributed by atoms with Crippen molar-refractivity contribution in [3.05, 3.63) is 58.7 Å². The first-order valence-corrected chi connectivity index (χ1v) is 9.31. The first-order chi connectivity index (χ1) is 13.5. The molecule has 7 heteroatoms. The third kappa shape index (κ3) is 4.46. The summed E-state index contributed by atoms with van der Waals surface area (Å²) in [6.45, 7) is 4.04. The number of nitrogens with zero attached hydrogens (tertiary/aromatic N) is 2. The molecule has 0 saturated carbocycles. The Morgan fingerprint density at radius 2 is 1.68 bits per heavy atom. The highest BCUT2D eigenvalue weighted by atomic mass is 35.5. The van der Waals surface area contributed by atoms with E-state index in [2.05, 4.69) is 33.6 Å². The maximum absolute atomic E-state index is 6.18. The first-order valence-electron chi connectivity index (χ1n) is 8.93. The second-order valence-electron chi connectivity index (χ2n) is 6.17. The first kappa shape index (κ1) is 19.8. The number of rotatable bonds is 7. The number of ether oxygens (including phenoxy) is 2. The minimum absolute atomic E-state index is 0.474. The molecule has 1 aromatic heterocycles. The van der Waals surface area contributed by atoms with E-state index in [1.165, 1.54) is 5.56 Å². The number of aromatic nitrogens is 2. The fraction of sp³-hybridized carbons (Fsp3) is 0.238. The zero-order valence-corrected chi connectivity index (χ0v) is 17.1. The molecule has 0 fully saturated rings. The molecule has 0 aliphatic heterocycles. The Hall–Kier alpha value is -2.99. The van der Waals surface area contributed by atoms with Crippen LogP contribution >= 0.6 is 11.6 Å². The van der Waals surface area contributed by atoms with Gasteiger partial charge < -0.3 is 20.1 Å². The van der Waals surface area contributed by atoms with Crippen LogP contribution < -0.4 is 20.1 Å². The molecule has 1 heterocycles. The number of anilines is 4. The maximum Gasteiger partial charge on any atom is 0.229 e. The predicted molar refractivity (Wildman–Crippen MR) is 114 cm³/mol. The number of aryl methyl sites for hydroxylation is 2. The van der Waals surface area contributed by atoms with E-state index in [-0.39, 0.29) is 0 Å². The number of hydrogen-bond donors (Lipinski definition) is 2. The molecule has 0 amide bonds. The summed E-state index contributed by atoms with van der Waals surface area (Å²) in [4.78, 5) is 9.09. The predicted octanol–water partition coefficient (Wildman–Crippen LogP) is 5.51. The van der Waals surface area contributed by atoms with E-state index >= 15 is 0 Å². The van der Waals surface area contributed by atoms with Crippen molar-refractivity contribution in [3.63, 3.8) is 0 Å². The second-order valence-corrected chi connectivity index (χ2v) is 6.57. The summed E-state index contributed by atoms with van der Waals surface area (Å²) >= 11 is 6.18. The Bertz CT molecular complexity index is 979. The highest BCUT2D eigenvalue weighted by molar-refractivity contribution is 6.32. The third-order valence-corrected chi connectivity index (χ3v) is 4.53. The lowest BCUT2D eigenvalue weighted by Gasteiger charge is -2.15. The van der Waals surface area contributed by atoms with Crippen LogP contribution in [-0.2, 0) is 6.42 Å². The lowest BCUT2D eigenvalue weighted by molar-refractivity contribution is 0.405. The van der Waals surface area contributed by atoms with E-state index in [4.69, 9.17) is 21.1 Å². The summed E-state index contributed by atoms with van der Waals surface area (Å²) < 4.78 is 10.7. The Morgan fingerprint density at radius 3 is 2.39 bits per heavy atom. The second kappa shape index (κ2) is 8.80. The Balaban J connectivity index is 1.92. The molecule has 0 aliphatic rings. The van der Waals surface area contributed by atoms with E-state index in [1.54, 1.807) is 26.4 Å².